The van der Waals surface area contributed by atoms with Crippen molar-refractivity contribution < 1.29 is 0 Å². The first-order valence-electron chi connectivity index (χ1n) is 12.3. The second kappa shape index (κ2) is 9.25. The summed E-state index contributed by atoms with van der Waals surface area (Å²) in [6, 6.07) is 34.0. The molecule has 0 bridgehead atoms. The summed E-state index contributed by atoms with van der Waals surface area (Å²) >= 11 is 5.91. The van der Waals surface area contributed by atoms with Crippen molar-refractivity contribution in [2.45, 2.75) is 32.5 Å². The maximum absolute atomic E-state index is 5.91. The lowest BCUT2D eigenvalue weighted by molar-refractivity contribution is 0.310. The fourth-order valence-corrected chi connectivity index (χ4v) is 5.86. The lowest BCUT2D eigenvalue weighted by atomic mass is 9.96. The summed E-state index contributed by atoms with van der Waals surface area (Å²) in [7, 11) is 0. The monoisotopic (exact) mass is 488 g/mol. The third kappa shape index (κ3) is 3.86. The van der Waals surface area contributed by atoms with Crippen molar-refractivity contribution >= 4 is 28.1 Å². The second-order valence-electron chi connectivity index (χ2n) is 9.40. The van der Waals surface area contributed by atoms with Crippen LogP contribution in [0.3, 0.4) is 0 Å². The Hall–Kier alpha value is -3.96. The van der Waals surface area contributed by atoms with Crippen LogP contribution in [-0.4, -0.2) is 19.6 Å². The molecule has 6 rings (SSSR count). The van der Waals surface area contributed by atoms with Gasteiger partial charge in [0.25, 0.3) is 0 Å². The third-order valence-electron chi connectivity index (χ3n) is 7.19. The number of nitrogens with zero attached hydrogens (tertiary/aromatic N) is 3. The lowest BCUT2D eigenvalue weighted by Crippen LogP contribution is -2.29. The minimum atomic E-state index is -0.0381. The molecule has 1 aliphatic rings. The molecule has 5 heteroatoms. The van der Waals surface area contributed by atoms with E-state index < -0.39 is 0 Å². The number of fused-ring (bicyclic) bond motifs is 1. The third-order valence-corrected chi connectivity index (χ3v) is 7.54. The van der Waals surface area contributed by atoms with Crippen LogP contribution in [0, 0.1) is 13.8 Å². The summed E-state index contributed by atoms with van der Waals surface area (Å²) < 4.78 is 2.38. The summed E-state index contributed by atoms with van der Waals surface area (Å²) in [5.41, 5.74) is 7.12. The molecule has 178 valence electrons. The number of nitrogens with one attached hydrogen (secondary N) is 1. The first kappa shape index (κ1) is 22.5. The maximum atomic E-state index is 5.91. The molecule has 2 atom stereocenters. The zero-order valence-electron chi connectivity index (χ0n) is 20.4. The van der Waals surface area contributed by atoms with Gasteiger partial charge in [-0.3, -0.25) is 4.98 Å². The van der Waals surface area contributed by atoms with E-state index >= 15 is 0 Å². The Morgan fingerprint density at radius 2 is 1.61 bits per heavy atom. The summed E-state index contributed by atoms with van der Waals surface area (Å²) in [6.45, 7) is 5.15. The average molecular weight is 489 g/mol. The first-order valence-corrected chi connectivity index (χ1v) is 12.7. The Balaban J connectivity index is 1.50. The molecule has 0 amide bonds. The van der Waals surface area contributed by atoms with Gasteiger partial charge >= 0.3 is 0 Å². The SMILES string of the molecule is Cc1cc([C@@H]2[C@H](c3ccccn3)NC(=S)N2Cc2ccccc2)c(C)n1-c1cccc2ccccc12. The molecule has 3 heterocycles. The minimum absolute atomic E-state index is 0.0162. The van der Waals surface area contributed by atoms with Crippen molar-refractivity contribution in [1.82, 2.24) is 19.8 Å². The number of aromatic nitrogens is 2. The Bertz CT molecular complexity index is 1540. The van der Waals surface area contributed by atoms with Crippen molar-refractivity contribution in [2.24, 2.45) is 0 Å². The highest BCUT2D eigenvalue weighted by molar-refractivity contribution is 7.80. The largest absolute Gasteiger partial charge is 0.352 e. The van der Waals surface area contributed by atoms with Gasteiger partial charge in [0.2, 0.25) is 0 Å². The van der Waals surface area contributed by atoms with Crippen LogP contribution in [0.2, 0.25) is 0 Å². The molecule has 1 N–H and O–H groups in total. The van der Waals surface area contributed by atoms with E-state index in [9.17, 15) is 0 Å². The predicted octanol–water partition coefficient (Wildman–Crippen LogP) is 6.82. The van der Waals surface area contributed by atoms with Gasteiger partial charge in [-0.2, -0.15) is 0 Å². The Kier molecular flexibility index (Phi) is 5.78. The summed E-state index contributed by atoms with van der Waals surface area (Å²) in [5, 5.41) is 6.85. The van der Waals surface area contributed by atoms with Crippen molar-refractivity contribution in [2.75, 3.05) is 0 Å². The molecule has 36 heavy (non-hydrogen) atoms. The fourth-order valence-electron chi connectivity index (χ4n) is 5.56. The van der Waals surface area contributed by atoms with Crippen LogP contribution in [0.1, 0.15) is 40.3 Å². The van der Waals surface area contributed by atoms with Gasteiger partial charge in [-0.15, -0.1) is 0 Å². The van der Waals surface area contributed by atoms with E-state index in [1.165, 1.54) is 39.0 Å². The number of pyridine rings is 1. The summed E-state index contributed by atoms with van der Waals surface area (Å²) in [6.07, 6.45) is 1.86. The van der Waals surface area contributed by atoms with Crippen molar-refractivity contribution in [3.63, 3.8) is 0 Å². The normalized spacial score (nSPS) is 17.5. The van der Waals surface area contributed by atoms with Crippen molar-refractivity contribution in [3.8, 4) is 5.69 Å². The van der Waals surface area contributed by atoms with Gasteiger partial charge in [-0.25, -0.2) is 0 Å². The molecule has 0 saturated carbocycles. The van der Waals surface area contributed by atoms with Crippen molar-refractivity contribution in [3.05, 3.63) is 131 Å². The van der Waals surface area contributed by atoms with E-state index in [1.807, 2.05) is 18.3 Å². The number of hydrogen-bond acceptors (Lipinski definition) is 2. The molecule has 0 unspecified atom stereocenters. The average Bonchev–Trinajstić information content (AvgIpc) is 3.39. The van der Waals surface area contributed by atoms with Gasteiger partial charge in [0.05, 0.1) is 23.5 Å². The molecule has 0 radical (unpaired) electrons. The van der Waals surface area contributed by atoms with E-state index in [2.05, 4.69) is 114 Å². The van der Waals surface area contributed by atoms with Gasteiger partial charge in [0.1, 0.15) is 0 Å². The topological polar surface area (TPSA) is 33.1 Å². The zero-order valence-corrected chi connectivity index (χ0v) is 21.2. The van der Waals surface area contributed by atoms with Crippen LogP contribution in [-0.2, 0) is 6.54 Å². The van der Waals surface area contributed by atoms with Crippen LogP contribution in [0.15, 0.2) is 103 Å². The van der Waals surface area contributed by atoms with Gasteiger partial charge in [-0.1, -0.05) is 72.8 Å². The number of rotatable bonds is 5. The van der Waals surface area contributed by atoms with Gasteiger partial charge in [0.15, 0.2) is 5.11 Å². The quantitative estimate of drug-likeness (QED) is 0.275. The molecule has 1 fully saturated rings. The highest BCUT2D eigenvalue weighted by Crippen LogP contribution is 2.42. The highest BCUT2D eigenvalue weighted by Gasteiger charge is 2.41. The zero-order chi connectivity index (χ0) is 24.6. The summed E-state index contributed by atoms with van der Waals surface area (Å²) in [5.74, 6) is 0. The number of aryl methyl sites for hydroxylation is 1. The van der Waals surface area contributed by atoms with Crippen LogP contribution in [0.4, 0.5) is 0 Å². The van der Waals surface area contributed by atoms with E-state index in [1.54, 1.807) is 0 Å². The molecule has 4 nitrogen and oxygen atoms in total. The molecular weight excluding hydrogens is 460 g/mol. The Morgan fingerprint density at radius 1 is 0.861 bits per heavy atom. The van der Waals surface area contributed by atoms with Gasteiger partial charge in [0, 0.05) is 29.5 Å². The van der Waals surface area contributed by atoms with E-state index in [-0.39, 0.29) is 12.1 Å². The van der Waals surface area contributed by atoms with E-state index in [4.69, 9.17) is 17.2 Å². The highest BCUT2D eigenvalue weighted by atomic mass is 32.1. The van der Waals surface area contributed by atoms with E-state index in [0.29, 0.717) is 0 Å². The predicted molar refractivity (Wildman–Crippen MR) is 150 cm³/mol. The minimum Gasteiger partial charge on any atom is -0.352 e. The lowest BCUT2D eigenvalue weighted by Gasteiger charge is -2.28. The fraction of sp³-hybridized carbons (Fsp3) is 0.161. The van der Waals surface area contributed by atoms with E-state index in [0.717, 1.165) is 17.4 Å². The number of benzene rings is 3. The summed E-state index contributed by atoms with van der Waals surface area (Å²) in [4.78, 5) is 7.03. The van der Waals surface area contributed by atoms with Crippen LogP contribution in [0.25, 0.3) is 16.5 Å². The van der Waals surface area contributed by atoms with Gasteiger partial charge in [-0.05, 0) is 66.8 Å². The Labute approximate surface area is 217 Å². The Morgan fingerprint density at radius 3 is 2.42 bits per heavy atom. The molecule has 5 aromatic rings. The first-order chi connectivity index (χ1) is 17.6. The number of thiocarbonyl (C=S) groups is 1. The maximum Gasteiger partial charge on any atom is 0.170 e. The second-order valence-corrected chi connectivity index (χ2v) is 9.79. The van der Waals surface area contributed by atoms with Crippen molar-refractivity contribution in [1.29, 1.82) is 0 Å². The molecule has 0 aliphatic carbocycles. The van der Waals surface area contributed by atoms with Crippen LogP contribution < -0.4 is 5.32 Å². The molecule has 0 spiro atoms. The molecular formula is C31H28N4S. The molecule has 2 aromatic heterocycles. The smallest absolute Gasteiger partial charge is 0.170 e. The number of hydrogen-bond donors (Lipinski definition) is 1. The molecule has 1 aliphatic heterocycles. The molecule has 3 aromatic carbocycles. The van der Waals surface area contributed by atoms with Crippen LogP contribution >= 0.6 is 12.2 Å². The van der Waals surface area contributed by atoms with Gasteiger partial charge < -0.3 is 14.8 Å². The molecule has 1 saturated heterocycles. The van der Waals surface area contributed by atoms with Crippen LogP contribution in [0.5, 0.6) is 0 Å². The standard InChI is InChI=1S/C31H28N4S/c1-21-19-26(22(2)35(21)28-17-10-14-24-13-6-7-15-25(24)28)30-29(27-16-8-9-18-32-27)33-31(36)34(30)20-23-11-4-3-5-12-23/h3-19,29-30H,20H2,1-2H3,(H,33,36)/t29-,30+/m0/s1.